The Morgan fingerprint density at radius 1 is 1.58 bits per heavy atom. The highest BCUT2D eigenvalue weighted by atomic mass is 35.5. The number of allylic oxidation sites excluding steroid dienone is 3. The van der Waals surface area contributed by atoms with Crippen molar-refractivity contribution in [3.63, 3.8) is 0 Å². The normalized spacial score (nSPS) is 19.1. The number of hydroxylamine groups is 1. The first-order chi connectivity index (χ1) is 9.04. The summed E-state index contributed by atoms with van der Waals surface area (Å²) in [6.07, 6.45) is 5.37. The second-order valence-electron chi connectivity index (χ2n) is 3.89. The number of hydrogen-bond donors (Lipinski definition) is 1. The Morgan fingerprint density at radius 2 is 2.32 bits per heavy atom. The smallest absolute Gasteiger partial charge is 0.346 e. The minimum Gasteiger partial charge on any atom is -0.428 e. The first-order valence-electron chi connectivity index (χ1n) is 5.82. The molecule has 6 heteroatoms. The second kappa shape index (κ2) is 7.89. The SMILES string of the molecule is C=CCONC(Cl)CCC=C1C(=O)C=C(C)OC1=O. The minimum atomic E-state index is -0.619. The van der Waals surface area contributed by atoms with Crippen LogP contribution in [0.2, 0.25) is 0 Å². The van der Waals surface area contributed by atoms with Crippen molar-refractivity contribution in [2.45, 2.75) is 25.3 Å². The van der Waals surface area contributed by atoms with Crippen LogP contribution in [0.3, 0.4) is 0 Å². The molecule has 5 nitrogen and oxygen atoms in total. The number of halogens is 1. The van der Waals surface area contributed by atoms with Gasteiger partial charge in [0.05, 0.1) is 6.61 Å². The summed E-state index contributed by atoms with van der Waals surface area (Å²) in [5.74, 6) is -0.649. The van der Waals surface area contributed by atoms with E-state index in [4.69, 9.17) is 21.2 Å². The van der Waals surface area contributed by atoms with E-state index in [1.165, 1.54) is 12.2 Å². The number of ether oxygens (including phenoxy) is 1. The maximum atomic E-state index is 11.6. The van der Waals surface area contributed by atoms with Crippen LogP contribution in [0.25, 0.3) is 0 Å². The molecule has 0 aromatic carbocycles. The molecule has 0 radical (unpaired) electrons. The Bertz CT molecular complexity index is 428. The van der Waals surface area contributed by atoms with Crippen molar-refractivity contribution in [1.29, 1.82) is 0 Å². The lowest BCUT2D eigenvalue weighted by atomic mass is 10.1. The van der Waals surface area contributed by atoms with Gasteiger partial charge in [-0.05, 0) is 19.8 Å². The van der Waals surface area contributed by atoms with Gasteiger partial charge in [-0.2, -0.15) is 5.48 Å². The average molecular weight is 286 g/mol. The van der Waals surface area contributed by atoms with E-state index in [2.05, 4.69) is 12.1 Å². The zero-order valence-corrected chi connectivity index (χ0v) is 11.4. The van der Waals surface area contributed by atoms with Gasteiger partial charge in [0.2, 0.25) is 0 Å². The van der Waals surface area contributed by atoms with Gasteiger partial charge in [-0.1, -0.05) is 12.2 Å². The van der Waals surface area contributed by atoms with Crippen LogP contribution in [0, 0.1) is 0 Å². The second-order valence-corrected chi connectivity index (χ2v) is 4.42. The third kappa shape index (κ3) is 5.38. The predicted molar refractivity (Wildman–Crippen MR) is 71.1 cm³/mol. The lowest BCUT2D eigenvalue weighted by molar-refractivity contribution is -0.137. The highest BCUT2D eigenvalue weighted by Crippen LogP contribution is 2.15. The van der Waals surface area contributed by atoms with Crippen molar-refractivity contribution in [3.05, 3.63) is 36.1 Å². The van der Waals surface area contributed by atoms with E-state index in [0.29, 0.717) is 25.2 Å². The molecule has 0 aromatic rings. The van der Waals surface area contributed by atoms with Gasteiger partial charge in [-0.25, -0.2) is 4.79 Å². The third-order valence-corrected chi connectivity index (χ3v) is 2.56. The third-order valence-electron chi connectivity index (χ3n) is 2.25. The maximum absolute atomic E-state index is 11.6. The maximum Gasteiger partial charge on any atom is 0.346 e. The van der Waals surface area contributed by atoms with Gasteiger partial charge in [-0.3, -0.25) is 9.63 Å². The molecule has 0 bridgehead atoms. The fraction of sp³-hybridized carbons (Fsp3) is 0.385. The summed E-state index contributed by atoms with van der Waals surface area (Å²) < 4.78 is 4.85. The predicted octanol–water partition coefficient (Wildman–Crippen LogP) is 1.99. The van der Waals surface area contributed by atoms with E-state index >= 15 is 0 Å². The highest BCUT2D eigenvalue weighted by Gasteiger charge is 2.23. The number of carbonyl (C=O) groups excluding carboxylic acids is 2. The zero-order valence-electron chi connectivity index (χ0n) is 10.6. The Labute approximate surface area is 116 Å². The Hall–Kier alpha value is -1.43. The Kier molecular flexibility index (Phi) is 6.49. The molecule has 1 unspecified atom stereocenters. The molecule has 1 heterocycles. The number of cyclic esters (lactones) is 1. The number of rotatable bonds is 7. The molecular weight excluding hydrogens is 270 g/mol. The Balaban J connectivity index is 2.42. The largest absolute Gasteiger partial charge is 0.428 e. The van der Waals surface area contributed by atoms with Crippen LogP contribution in [0.5, 0.6) is 0 Å². The molecule has 19 heavy (non-hydrogen) atoms. The molecule has 104 valence electrons. The monoisotopic (exact) mass is 285 g/mol. The van der Waals surface area contributed by atoms with E-state index < -0.39 is 11.5 Å². The zero-order chi connectivity index (χ0) is 14.3. The van der Waals surface area contributed by atoms with E-state index in [1.54, 1.807) is 13.0 Å². The van der Waals surface area contributed by atoms with Gasteiger partial charge in [0.25, 0.3) is 0 Å². The van der Waals surface area contributed by atoms with Crippen LogP contribution in [0.4, 0.5) is 0 Å². The average Bonchev–Trinajstić information content (AvgIpc) is 2.32. The summed E-state index contributed by atoms with van der Waals surface area (Å²) >= 11 is 5.92. The topological polar surface area (TPSA) is 64.6 Å². The number of alkyl halides is 1. The van der Waals surface area contributed by atoms with Crippen molar-refractivity contribution in [2.75, 3.05) is 6.61 Å². The molecule has 0 aliphatic carbocycles. The summed E-state index contributed by atoms with van der Waals surface area (Å²) in [7, 11) is 0. The molecule has 0 amide bonds. The fourth-order valence-electron chi connectivity index (χ4n) is 1.41. The highest BCUT2D eigenvalue weighted by molar-refractivity contribution is 6.23. The first kappa shape index (κ1) is 15.6. The molecule has 0 aromatic heterocycles. The standard InChI is InChI=1S/C13H16ClNO4/c1-3-7-18-15-12(14)6-4-5-10-11(16)8-9(2)19-13(10)17/h3,5,8,12,15H,1,4,6-7H2,2H3. The van der Waals surface area contributed by atoms with E-state index in [0.717, 1.165) is 0 Å². The lowest BCUT2D eigenvalue weighted by Gasteiger charge is -2.12. The van der Waals surface area contributed by atoms with Gasteiger partial charge in [-0.15, -0.1) is 18.2 Å². The number of hydrogen-bond acceptors (Lipinski definition) is 5. The van der Waals surface area contributed by atoms with Gasteiger partial charge in [0, 0.05) is 6.08 Å². The van der Waals surface area contributed by atoms with Crippen molar-refractivity contribution < 1.29 is 19.2 Å². The number of ketones is 1. The molecule has 0 spiro atoms. The van der Waals surface area contributed by atoms with Gasteiger partial charge in [0.15, 0.2) is 5.78 Å². The first-order valence-corrected chi connectivity index (χ1v) is 6.25. The summed E-state index contributed by atoms with van der Waals surface area (Å²) in [4.78, 5) is 28.0. The van der Waals surface area contributed by atoms with Crippen molar-refractivity contribution in [3.8, 4) is 0 Å². The number of carbonyl (C=O) groups is 2. The molecule has 1 atom stereocenters. The fourth-order valence-corrected chi connectivity index (χ4v) is 1.60. The van der Waals surface area contributed by atoms with Crippen LogP contribution in [0.1, 0.15) is 19.8 Å². The van der Waals surface area contributed by atoms with Crippen molar-refractivity contribution in [2.24, 2.45) is 0 Å². The number of nitrogens with one attached hydrogen (secondary N) is 1. The minimum absolute atomic E-state index is 0.0430. The van der Waals surface area contributed by atoms with E-state index in [-0.39, 0.29) is 11.4 Å². The van der Waals surface area contributed by atoms with Crippen LogP contribution in [-0.2, 0) is 19.2 Å². The summed E-state index contributed by atoms with van der Waals surface area (Å²) in [5, 5.41) is 0. The molecule has 1 N–H and O–H groups in total. The molecular formula is C13H16ClNO4. The quantitative estimate of drug-likeness (QED) is 0.113. The summed E-state index contributed by atoms with van der Waals surface area (Å²) in [5.41, 5.74) is 2.23. The molecule has 0 saturated carbocycles. The summed E-state index contributed by atoms with van der Waals surface area (Å²) in [6, 6.07) is 0. The van der Waals surface area contributed by atoms with E-state index in [9.17, 15) is 9.59 Å². The molecule has 1 aliphatic heterocycles. The molecule has 1 rings (SSSR count). The summed E-state index contributed by atoms with van der Waals surface area (Å²) in [6.45, 7) is 5.40. The van der Waals surface area contributed by atoms with Crippen molar-refractivity contribution >= 4 is 23.4 Å². The van der Waals surface area contributed by atoms with Gasteiger partial charge in [0.1, 0.15) is 16.8 Å². The number of esters is 1. The molecule has 0 fully saturated rings. The van der Waals surface area contributed by atoms with Crippen LogP contribution in [0.15, 0.2) is 36.1 Å². The Morgan fingerprint density at radius 3 is 2.95 bits per heavy atom. The molecule has 0 saturated heterocycles. The van der Waals surface area contributed by atoms with Crippen LogP contribution >= 0.6 is 11.6 Å². The van der Waals surface area contributed by atoms with Gasteiger partial charge < -0.3 is 4.74 Å². The van der Waals surface area contributed by atoms with Crippen molar-refractivity contribution in [1.82, 2.24) is 5.48 Å². The van der Waals surface area contributed by atoms with Gasteiger partial charge >= 0.3 is 5.97 Å². The van der Waals surface area contributed by atoms with Crippen LogP contribution in [-0.4, -0.2) is 23.9 Å². The lowest BCUT2D eigenvalue weighted by Crippen LogP contribution is -2.24. The van der Waals surface area contributed by atoms with Crippen LogP contribution < -0.4 is 5.48 Å². The van der Waals surface area contributed by atoms with E-state index in [1.807, 2.05) is 0 Å². The molecule has 1 aliphatic rings.